The van der Waals surface area contributed by atoms with Gasteiger partial charge in [-0.05, 0) is 55.3 Å². The van der Waals surface area contributed by atoms with Crippen LogP contribution in [0.4, 0.5) is 4.39 Å². The molecule has 0 radical (unpaired) electrons. The third kappa shape index (κ3) is 3.83. The Morgan fingerprint density at radius 3 is 2.81 bits per heavy atom. The van der Waals surface area contributed by atoms with Crippen molar-refractivity contribution in [1.82, 2.24) is 15.0 Å². The Balaban J connectivity index is 1.58. The fourth-order valence-corrected chi connectivity index (χ4v) is 3.61. The molecule has 0 bridgehead atoms. The van der Waals surface area contributed by atoms with E-state index in [1.165, 1.54) is 37.0 Å². The first-order chi connectivity index (χ1) is 12.8. The summed E-state index contributed by atoms with van der Waals surface area (Å²) in [6.07, 6.45) is 8.38. The second-order valence-corrected chi connectivity index (χ2v) is 6.82. The fraction of sp³-hybridized carbons (Fsp3) is 0.333. The highest BCUT2D eigenvalue weighted by Gasteiger charge is 2.26. The second-order valence-electron chi connectivity index (χ2n) is 6.82. The van der Waals surface area contributed by atoms with Crippen molar-refractivity contribution >= 4 is 0 Å². The van der Waals surface area contributed by atoms with E-state index in [2.05, 4.69) is 21.1 Å². The summed E-state index contributed by atoms with van der Waals surface area (Å²) < 4.78 is 18.9. The highest BCUT2D eigenvalue weighted by Crippen LogP contribution is 2.33. The Morgan fingerprint density at radius 1 is 1.12 bits per heavy atom. The molecule has 2 aromatic heterocycles. The zero-order chi connectivity index (χ0) is 17.8. The van der Waals surface area contributed by atoms with Crippen molar-refractivity contribution < 1.29 is 8.91 Å². The molecule has 3 aromatic rings. The summed E-state index contributed by atoms with van der Waals surface area (Å²) in [5, 5.41) is 4.23. The maximum atomic E-state index is 13.1. The molecule has 0 amide bonds. The van der Waals surface area contributed by atoms with E-state index < -0.39 is 0 Å². The molecule has 0 unspecified atom stereocenters. The van der Waals surface area contributed by atoms with Crippen molar-refractivity contribution in [2.75, 3.05) is 6.54 Å². The Labute approximate surface area is 152 Å². The number of hydrogen-bond acceptors (Lipinski definition) is 4. The minimum atomic E-state index is -0.246. The van der Waals surface area contributed by atoms with Gasteiger partial charge >= 0.3 is 0 Å². The maximum Gasteiger partial charge on any atom is 0.154 e. The Morgan fingerprint density at radius 2 is 2.00 bits per heavy atom. The third-order valence-electron chi connectivity index (χ3n) is 4.97. The normalized spacial score (nSPS) is 18.6. The van der Waals surface area contributed by atoms with E-state index in [4.69, 9.17) is 4.52 Å². The number of halogens is 1. The molecule has 1 aromatic carbocycles. The Hall–Kier alpha value is -2.53. The summed E-state index contributed by atoms with van der Waals surface area (Å²) in [6.45, 7) is 1.89. The molecule has 0 aliphatic carbocycles. The molecule has 0 N–H and O–H groups in total. The summed E-state index contributed by atoms with van der Waals surface area (Å²) in [4.78, 5) is 6.69. The van der Waals surface area contributed by atoms with Gasteiger partial charge in [0, 0.05) is 30.6 Å². The molecular weight excluding hydrogens is 329 g/mol. The van der Waals surface area contributed by atoms with Crippen LogP contribution in [0, 0.1) is 5.82 Å². The quantitative estimate of drug-likeness (QED) is 0.664. The molecule has 1 aliphatic heterocycles. The van der Waals surface area contributed by atoms with Crippen molar-refractivity contribution in [1.29, 1.82) is 0 Å². The van der Waals surface area contributed by atoms with Gasteiger partial charge in [-0.25, -0.2) is 4.39 Å². The van der Waals surface area contributed by atoms with Crippen LogP contribution in [0.15, 0.2) is 59.4 Å². The zero-order valence-corrected chi connectivity index (χ0v) is 14.6. The second kappa shape index (κ2) is 7.79. The Bertz CT molecular complexity index is 832. The third-order valence-corrected chi connectivity index (χ3v) is 4.97. The van der Waals surface area contributed by atoms with Gasteiger partial charge in [0.25, 0.3) is 0 Å². The number of pyridine rings is 1. The van der Waals surface area contributed by atoms with E-state index in [-0.39, 0.29) is 11.9 Å². The number of benzene rings is 1. The average Bonchev–Trinajstić information content (AvgIpc) is 3.04. The number of rotatable bonds is 4. The fourth-order valence-electron chi connectivity index (χ4n) is 3.61. The van der Waals surface area contributed by atoms with Crippen LogP contribution in [0.2, 0.25) is 0 Å². The van der Waals surface area contributed by atoms with Gasteiger partial charge in [0.05, 0.1) is 6.04 Å². The summed E-state index contributed by atoms with van der Waals surface area (Å²) in [6, 6.07) is 12.7. The molecule has 1 fully saturated rings. The standard InChI is InChI=1S/C21H22FN3O/c22-18-9-7-17(8-10-18)19-13-21(26-24-19)20-6-2-1-3-12-25(20)15-16-5-4-11-23-14-16/h4-5,7-11,13-14,20H,1-3,6,12,15H2/t20-/m0/s1. The first kappa shape index (κ1) is 16.9. The van der Waals surface area contributed by atoms with Crippen LogP contribution in [0.25, 0.3) is 11.3 Å². The number of aromatic nitrogens is 2. The summed E-state index contributed by atoms with van der Waals surface area (Å²) >= 11 is 0. The van der Waals surface area contributed by atoms with E-state index in [0.717, 1.165) is 36.5 Å². The molecule has 134 valence electrons. The minimum Gasteiger partial charge on any atom is -0.359 e. The zero-order valence-electron chi connectivity index (χ0n) is 14.6. The van der Waals surface area contributed by atoms with Crippen molar-refractivity contribution in [2.24, 2.45) is 0 Å². The lowest BCUT2D eigenvalue weighted by atomic mass is 10.1. The molecule has 0 spiro atoms. The molecule has 1 aliphatic rings. The molecule has 5 heteroatoms. The molecule has 26 heavy (non-hydrogen) atoms. The van der Waals surface area contributed by atoms with Crippen molar-refractivity contribution in [2.45, 2.75) is 38.3 Å². The van der Waals surface area contributed by atoms with Crippen LogP contribution in [-0.4, -0.2) is 21.6 Å². The lowest BCUT2D eigenvalue weighted by Crippen LogP contribution is -2.28. The molecule has 1 saturated heterocycles. The SMILES string of the molecule is Fc1ccc(-c2cc([C@@H]3CCCCCN3Cc3cccnc3)on2)cc1. The van der Waals surface area contributed by atoms with Gasteiger partial charge in [0.15, 0.2) is 5.76 Å². The molecule has 4 nitrogen and oxygen atoms in total. The molecule has 1 atom stereocenters. The van der Waals surface area contributed by atoms with Gasteiger partial charge in [-0.15, -0.1) is 0 Å². The lowest BCUT2D eigenvalue weighted by molar-refractivity contribution is 0.160. The van der Waals surface area contributed by atoms with Gasteiger partial charge in [-0.3, -0.25) is 9.88 Å². The number of hydrogen-bond donors (Lipinski definition) is 0. The first-order valence-electron chi connectivity index (χ1n) is 9.15. The minimum absolute atomic E-state index is 0.208. The van der Waals surface area contributed by atoms with Crippen molar-refractivity contribution in [3.8, 4) is 11.3 Å². The maximum absolute atomic E-state index is 13.1. The van der Waals surface area contributed by atoms with Crippen LogP contribution < -0.4 is 0 Å². The van der Waals surface area contributed by atoms with Gasteiger partial charge in [-0.2, -0.15) is 0 Å². The van der Waals surface area contributed by atoms with Crippen LogP contribution in [0.1, 0.15) is 43.0 Å². The van der Waals surface area contributed by atoms with Gasteiger partial charge in [-0.1, -0.05) is 24.1 Å². The molecule has 4 rings (SSSR count). The summed E-state index contributed by atoms with van der Waals surface area (Å²) in [5.74, 6) is 0.638. The summed E-state index contributed by atoms with van der Waals surface area (Å²) in [5.41, 5.74) is 2.83. The van der Waals surface area contributed by atoms with Crippen molar-refractivity contribution in [3.63, 3.8) is 0 Å². The monoisotopic (exact) mass is 351 g/mol. The van der Waals surface area contributed by atoms with Crippen LogP contribution in [0.5, 0.6) is 0 Å². The van der Waals surface area contributed by atoms with Gasteiger partial charge < -0.3 is 4.52 Å². The van der Waals surface area contributed by atoms with Gasteiger partial charge in [0.2, 0.25) is 0 Å². The highest BCUT2D eigenvalue weighted by molar-refractivity contribution is 5.58. The summed E-state index contributed by atoms with van der Waals surface area (Å²) in [7, 11) is 0. The number of likely N-dealkylation sites (tertiary alicyclic amines) is 1. The predicted molar refractivity (Wildman–Crippen MR) is 97.8 cm³/mol. The van der Waals surface area contributed by atoms with Gasteiger partial charge in [0.1, 0.15) is 11.5 Å². The van der Waals surface area contributed by atoms with E-state index in [9.17, 15) is 4.39 Å². The van der Waals surface area contributed by atoms with Crippen LogP contribution in [-0.2, 0) is 6.54 Å². The number of nitrogens with zero attached hydrogens (tertiary/aromatic N) is 3. The smallest absolute Gasteiger partial charge is 0.154 e. The van der Waals surface area contributed by atoms with E-state index in [0.29, 0.717) is 0 Å². The van der Waals surface area contributed by atoms with Crippen LogP contribution >= 0.6 is 0 Å². The molecular formula is C21H22FN3O. The topological polar surface area (TPSA) is 42.2 Å². The highest BCUT2D eigenvalue weighted by atomic mass is 19.1. The van der Waals surface area contributed by atoms with Crippen LogP contribution in [0.3, 0.4) is 0 Å². The first-order valence-corrected chi connectivity index (χ1v) is 9.15. The molecule has 3 heterocycles. The largest absolute Gasteiger partial charge is 0.359 e. The van der Waals surface area contributed by atoms with Crippen molar-refractivity contribution in [3.05, 3.63) is 72.0 Å². The van der Waals surface area contributed by atoms with E-state index >= 15 is 0 Å². The molecule has 0 saturated carbocycles. The lowest BCUT2D eigenvalue weighted by Gasteiger charge is -2.27. The predicted octanol–water partition coefficient (Wildman–Crippen LogP) is 4.99. The van der Waals surface area contributed by atoms with E-state index in [1.807, 2.05) is 18.3 Å². The Kier molecular flexibility index (Phi) is 5.07. The average molecular weight is 351 g/mol. The van der Waals surface area contributed by atoms with E-state index in [1.54, 1.807) is 18.3 Å².